The van der Waals surface area contributed by atoms with E-state index in [1.54, 1.807) is 0 Å². The number of nitrogens with one attached hydrogen (secondary N) is 1. The second-order valence-electron chi connectivity index (χ2n) is 9.38. The standard InChI is InChI=1S/C24H28N5O/c1-6-24(16-9-7-8-15(10-16)17-13-29(5)28-14(17)2)18-12-25-27-22(18)26-19-11-23(3,4)21(30)20(19)24/h7-10,13-14,26H,6,11-12H2,1-5H3/q-1/t14?,24-/m0/s1. The minimum Gasteiger partial charge on any atom is -0.562 e. The highest BCUT2D eigenvalue weighted by atomic mass is 16.1. The molecule has 0 saturated carbocycles. The summed E-state index contributed by atoms with van der Waals surface area (Å²) in [4.78, 5) is 13.6. The topological polar surface area (TPSA) is 71.2 Å². The largest absolute Gasteiger partial charge is 0.562 e. The molecule has 0 saturated heterocycles. The average Bonchev–Trinajstić information content (AvgIpc) is 3.37. The number of benzene rings is 1. The number of hydrogen-bond acceptors (Lipinski definition) is 5. The van der Waals surface area contributed by atoms with Gasteiger partial charge in [-0.3, -0.25) is 4.79 Å². The summed E-state index contributed by atoms with van der Waals surface area (Å²) in [5, 5.41) is 14.1. The van der Waals surface area contributed by atoms with E-state index in [0.29, 0.717) is 13.0 Å². The molecule has 0 spiro atoms. The van der Waals surface area contributed by atoms with E-state index in [9.17, 15) is 4.79 Å². The van der Waals surface area contributed by atoms with Crippen LogP contribution in [0.15, 0.2) is 63.4 Å². The summed E-state index contributed by atoms with van der Waals surface area (Å²) in [6, 6.07) is 8.76. The first-order valence-corrected chi connectivity index (χ1v) is 10.7. The van der Waals surface area contributed by atoms with Crippen LogP contribution in [0.2, 0.25) is 0 Å². The van der Waals surface area contributed by atoms with E-state index in [1.807, 2.05) is 25.9 Å². The van der Waals surface area contributed by atoms with Crippen LogP contribution in [-0.4, -0.2) is 30.4 Å². The SMILES string of the molecule is CC[C@]1(c2cccc(C3=CN(C)[N-]C3C)c2)C2=C(N=NC2)NC2=C1C(=O)C(C)(C)C2. The maximum Gasteiger partial charge on any atom is 0.167 e. The number of carbonyl (C=O) groups is 1. The maximum atomic E-state index is 13.6. The molecule has 156 valence electrons. The summed E-state index contributed by atoms with van der Waals surface area (Å²) >= 11 is 0. The summed E-state index contributed by atoms with van der Waals surface area (Å²) in [6.07, 6.45) is 3.59. The van der Waals surface area contributed by atoms with Crippen LogP contribution in [0.25, 0.3) is 11.0 Å². The number of azo groups is 1. The number of Topliss-reactive ketones (excluding diaryl/α,β-unsaturated/α-hetero) is 1. The van der Waals surface area contributed by atoms with Gasteiger partial charge in [0, 0.05) is 28.7 Å². The van der Waals surface area contributed by atoms with Crippen molar-refractivity contribution in [3.8, 4) is 0 Å². The minimum atomic E-state index is -0.494. The second-order valence-corrected chi connectivity index (χ2v) is 9.38. The molecule has 1 unspecified atom stereocenters. The van der Waals surface area contributed by atoms with E-state index in [4.69, 9.17) is 0 Å². The predicted molar refractivity (Wildman–Crippen MR) is 117 cm³/mol. The normalized spacial score (nSPS) is 29.4. The van der Waals surface area contributed by atoms with Gasteiger partial charge in [0.2, 0.25) is 0 Å². The van der Waals surface area contributed by atoms with Crippen LogP contribution in [-0.2, 0) is 10.2 Å². The first kappa shape index (κ1) is 19.2. The second kappa shape index (κ2) is 6.38. The Kier molecular flexibility index (Phi) is 4.09. The molecule has 1 aliphatic carbocycles. The van der Waals surface area contributed by atoms with Crippen molar-refractivity contribution >= 4 is 11.4 Å². The smallest absolute Gasteiger partial charge is 0.167 e. The van der Waals surface area contributed by atoms with Gasteiger partial charge < -0.3 is 15.8 Å². The van der Waals surface area contributed by atoms with E-state index < -0.39 is 10.8 Å². The third-order valence-electron chi connectivity index (χ3n) is 7.01. The highest BCUT2D eigenvalue weighted by Gasteiger charge is 2.54. The highest BCUT2D eigenvalue weighted by molar-refractivity contribution is 6.06. The summed E-state index contributed by atoms with van der Waals surface area (Å²) in [7, 11) is 1.96. The van der Waals surface area contributed by atoms with Gasteiger partial charge in [-0.15, -0.1) is 5.11 Å². The van der Waals surface area contributed by atoms with Crippen molar-refractivity contribution in [3.63, 3.8) is 0 Å². The van der Waals surface area contributed by atoms with Crippen molar-refractivity contribution in [2.24, 2.45) is 15.6 Å². The number of ketones is 1. The Bertz CT molecular complexity index is 1080. The van der Waals surface area contributed by atoms with E-state index in [0.717, 1.165) is 40.2 Å². The molecule has 5 rings (SSSR count). The van der Waals surface area contributed by atoms with Crippen molar-refractivity contribution in [2.45, 2.75) is 52.0 Å². The average molecular weight is 403 g/mol. The molecule has 0 aromatic heterocycles. The molecule has 0 bridgehead atoms. The van der Waals surface area contributed by atoms with Gasteiger partial charge in [-0.1, -0.05) is 58.0 Å². The molecule has 3 heterocycles. The third-order valence-corrected chi connectivity index (χ3v) is 7.01. The molecule has 1 aromatic rings. The zero-order chi connectivity index (χ0) is 21.3. The molecule has 0 fully saturated rings. The van der Waals surface area contributed by atoms with Crippen LogP contribution in [0.5, 0.6) is 0 Å². The molecule has 6 nitrogen and oxygen atoms in total. The maximum absolute atomic E-state index is 13.6. The molecular weight excluding hydrogens is 374 g/mol. The number of allylic oxidation sites excluding steroid dienone is 2. The first-order valence-electron chi connectivity index (χ1n) is 10.7. The molecule has 2 atom stereocenters. The van der Waals surface area contributed by atoms with Crippen LogP contribution in [0.3, 0.4) is 0 Å². The van der Waals surface area contributed by atoms with Gasteiger partial charge in [0.25, 0.3) is 0 Å². The van der Waals surface area contributed by atoms with Crippen molar-refractivity contribution in [1.29, 1.82) is 0 Å². The highest BCUT2D eigenvalue weighted by Crippen LogP contribution is 2.55. The number of nitrogens with zero attached hydrogens (tertiary/aromatic N) is 4. The predicted octanol–water partition coefficient (Wildman–Crippen LogP) is 4.83. The Morgan fingerprint density at radius 2 is 2.13 bits per heavy atom. The van der Waals surface area contributed by atoms with Crippen molar-refractivity contribution < 1.29 is 4.79 Å². The quantitative estimate of drug-likeness (QED) is 0.787. The van der Waals surface area contributed by atoms with Crippen LogP contribution < -0.4 is 5.32 Å². The lowest BCUT2D eigenvalue weighted by Gasteiger charge is -2.40. The van der Waals surface area contributed by atoms with Gasteiger partial charge in [0.15, 0.2) is 11.6 Å². The van der Waals surface area contributed by atoms with Gasteiger partial charge in [0.1, 0.15) is 0 Å². The van der Waals surface area contributed by atoms with E-state index in [1.165, 1.54) is 5.57 Å². The van der Waals surface area contributed by atoms with E-state index in [-0.39, 0.29) is 11.8 Å². The molecule has 30 heavy (non-hydrogen) atoms. The number of hydrogen-bond donors (Lipinski definition) is 1. The van der Waals surface area contributed by atoms with E-state index >= 15 is 0 Å². The molecule has 0 amide bonds. The van der Waals surface area contributed by atoms with Crippen LogP contribution in [0, 0.1) is 5.41 Å². The fraction of sp³-hybridized carbons (Fsp3) is 0.458. The molecule has 3 aliphatic heterocycles. The molecule has 4 aliphatic rings. The summed E-state index contributed by atoms with van der Waals surface area (Å²) < 4.78 is 0. The molecule has 6 heteroatoms. The molecule has 1 N–H and O–H groups in total. The zero-order valence-corrected chi connectivity index (χ0v) is 18.3. The Morgan fingerprint density at radius 1 is 1.33 bits per heavy atom. The van der Waals surface area contributed by atoms with Crippen LogP contribution in [0.1, 0.15) is 51.7 Å². The van der Waals surface area contributed by atoms with Gasteiger partial charge in [-0.25, -0.2) is 0 Å². The minimum absolute atomic E-state index is 0.115. The molecule has 1 aromatic carbocycles. The van der Waals surface area contributed by atoms with Crippen LogP contribution >= 0.6 is 0 Å². The lowest BCUT2D eigenvalue weighted by atomic mass is 9.63. The first-order chi connectivity index (χ1) is 14.3. The van der Waals surface area contributed by atoms with Crippen molar-refractivity contribution in [3.05, 3.63) is 69.7 Å². The van der Waals surface area contributed by atoms with Crippen molar-refractivity contribution in [2.75, 3.05) is 13.6 Å². The molecular formula is C24H28N5O-. The van der Waals surface area contributed by atoms with Gasteiger partial charge in [-0.2, -0.15) is 5.11 Å². The number of dihydropyridines is 1. The summed E-state index contributed by atoms with van der Waals surface area (Å²) in [5.41, 5.74) is 10.2. The van der Waals surface area contributed by atoms with Crippen molar-refractivity contribution in [1.82, 2.24) is 10.3 Å². The Morgan fingerprint density at radius 3 is 2.83 bits per heavy atom. The zero-order valence-electron chi connectivity index (χ0n) is 18.3. The van der Waals surface area contributed by atoms with Gasteiger partial charge in [0.05, 0.1) is 12.0 Å². The Labute approximate surface area is 177 Å². The van der Waals surface area contributed by atoms with Gasteiger partial charge >= 0.3 is 0 Å². The Balaban J connectivity index is 1.71. The lowest BCUT2D eigenvalue weighted by Crippen LogP contribution is -2.41. The fourth-order valence-corrected chi connectivity index (χ4v) is 5.56. The fourth-order valence-electron chi connectivity index (χ4n) is 5.56. The summed E-state index contributed by atoms with van der Waals surface area (Å²) in [6.45, 7) is 8.90. The third kappa shape index (κ3) is 2.49. The number of carbonyl (C=O) groups excluding carboxylic acids is 1. The summed E-state index contributed by atoms with van der Waals surface area (Å²) in [5.74, 6) is 1.06. The number of rotatable bonds is 3. The molecule has 0 radical (unpaired) electrons. The van der Waals surface area contributed by atoms with E-state index in [2.05, 4.69) is 65.3 Å². The lowest BCUT2D eigenvalue weighted by molar-refractivity contribution is -0.122. The van der Waals surface area contributed by atoms with Gasteiger partial charge in [-0.05, 0) is 36.4 Å². The Hall–Kier alpha value is -2.73. The van der Waals surface area contributed by atoms with Crippen LogP contribution in [0.4, 0.5) is 0 Å². The monoisotopic (exact) mass is 402 g/mol.